The number of methoxy groups -OCH3 is 1. The van der Waals surface area contributed by atoms with Gasteiger partial charge in [-0.05, 0) is 12.8 Å². The van der Waals surface area contributed by atoms with E-state index in [1.54, 1.807) is 13.2 Å². The first-order chi connectivity index (χ1) is 11.3. The number of likely N-dealkylation sites (tertiary alicyclic amines) is 1. The molecule has 2 aliphatic rings. The quantitative estimate of drug-likeness (QED) is 0.834. The number of aromatic nitrogens is 3. The number of rotatable bonds is 3. The fourth-order valence-corrected chi connectivity index (χ4v) is 3.59. The van der Waals surface area contributed by atoms with E-state index in [0.29, 0.717) is 18.2 Å². The summed E-state index contributed by atoms with van der Waals surface area (Å²) in [5, 5.41) is 3.62. The molecule has 0 spiro atoms. The maximum atomic E-state index is 12.5. The van der Waals surface area contributed by atoms with Crippen LogP contribution in [0, 0.1) is 0 Å². The second kappa shape index (κ2) is 5.53. The highest BCUT2D eigenvalue weighted by Crippen LogP contribution is 2.35. The summed E-state index contributed by atoms with van der Waals surface area (Å²) >= 11 is 0. The molecule has 0 saturated carbocycles. The molecule has 0 radical (unpaired) electrons. The van der Waals surface area contributed by atoms with Crippen LogP contribution in [0.25, 0.3) is 0 Å². The number of hydrogen-bond donors (Lipinski definition) is 0. The van der Waals surface area contributed by atoms with Gasteiger partial charge < -0.3 is 19.1 Å². The molecular weight excluding hydrogens is 298 g/mol. The van der Waals surface area contributed by atoms with Crippen molar-refractivity contribution < 1.29 is 14.1 Å². The molecule has 23 heavy (non-hydrogen) atoms. The molecule has 0 aromatic carbocycles. The van der Waals surface area contributed by atoms with E-state index < -0.39 is 0 Å². The topological polar surface area (TPSA) is 84.6 Å². The SMILES string of the molecule is COc1cc(N2CC[C@@H]3[C@@H]2CCN3C(=O)c2ccno2)ncn1. The third-order valence-corrected chi connectivity index (χ3v) is 4.62. The van der Waals surface area contributed by atoms with Gasteiger partial charge in [0.1, 0.15) is 12.1 Å². The molecule has 2 aromatic heterocycles. The van der Waals surface area contributed by atoms with Gasteiger partial charge in [0.15, 0.2) is 0 Å². The summed E-state index contributed by atoms with van der Waals surface area (Å²) in [5.74, 6) is 1.61. The lowest BCUT2D eigenvalue weighted by Crippen LogP contribution is -2.39. The zero-order valence-electron chi connectivity index (χ0n) is 12.8. The number of anilines is 1. The Morgan fingerprint density at radius 2 is 2.17 bits per heavy atom. The first kappa shape index (κ1) is 14.0. The summed E-state index contributed by atoms with van der Waals surface area (Å²) in [5.41, 5.74) is 0. The Morgan fingerprint density at radius 3 is 2.96 bits per heavy atom. The van der Waals surface area contributed by atoms with Crippen molar-refractivity contribution in [3.05, 3.63) is 30.4 Å². The summed E-state index contributed by atoms with van der Waals surface area (Å²) in [6, 6.07) is 3.89. The lowest BCUT2D eigenvalue weighted by molar-refractivity contribution is 0.0695. The van der Waals surface area contributed by atoms with Gasteiger partial charge in [-0.2, -0.15) is 0 Å². The standard InChI is InChI=1S/C15H17N5O3/c1-22-14-8-13(16-9-17-14)19-6-3-11-10(19)4-7-20(11)15(21)12-2-5-18-23-12/h2,5,8-11H,3-4,6-7H2,1H3/t10-,11+/m0/s1. The fraction of sp³-hybridized carbons (Fsp3) is 0.467. The van der Waals surface area contributed by atoms with E-state index in [4.69, 9.17) is 9.26 Å². The zero-order chi connectivity index (χ0) is 15.8. The van der Waals surface area contributed by atoms with E-state index in [9.17, 15) is 4.79 Å². The van der Waals surface area contributed by atoms with Crippen LogP contribution in [-0.2, 0) is 0 Å². The minimum absolute atomic E-state index is 0.0860. The van der Waals surface area contributed by atoms with Crippen LogP contribution in [0.5, 0.6) is 5.88 Å². The molecule has 0 N–H and O–H groups in total. The predicted molar refractivity (Wildman–Crippen MR) is 80.3 cm³/mol. The maximum absolute atomic E-state index is 12.5. The predicted octanol–water partition coefficient (Wildman–Crippen LogP) is 0.967. The van der Waals surface area contributed by atoms with Crippen molar-refractivity contribution in [2.75, 3.05) is 25.1 Å². The van der Waals surface area contributed by atoms with E-state index in [0.717, 1.165) is 25.2 Å². The number of hydrogen-bond acceptors (Lipinski definition) is 7. The van der Waals surface area contributed by atoms with Gasteiger partial charge in [0, 0.05) is 25.2 Å². The van der Waals surface area contributed by atoms with E-state index in [2.05, 4.69) is 20.0 Å². The van der Waals surface area contributed by atoms with E-state index in [-0.39, 0.29) is 18.0 Å². The van der Waals surface area contributed by atoms with Crippen LogP contribution >= 0.6 is 0 Å². The maximum Gasteiger partial charge on any atom is 0.292 e. The van der Waals surface area contributed by atoms with Crippen LogP contribution in [0.1, 0.15) is 23.4 Å². The van der Waals surface area contributed by atoms with Crippen LogP contribution in [0.4, 0.5) is 5.82 Å². The van der Waals surface area contributed by atoms with Gasteiger partial charge in [-0.15, -0.1) is 0 Å². The van der Waals surface area contributed by atoms with Crippen LogP contribution in [0.3, 0.4) is 0 Å². The molecule has 4 rings (SSSR count). The molecule has 0 bridgehead atoms. The molecule has 2 saturated heterocycles. The van der Waals surface area contributed by atoms with Gasteiger partial charge in [-0.3, -0.25) is 4.79 Å². The Kier molecular flexibility index (Phi) is 3.36. The number of carbonyl (C=O) groups excluding carboxylic acids is 1. The molecule has 2 atom stereocenters. The van der Waals surface area contributed by atoms with Crippen molar-refractivity contribution in [3.8, 4) is 5.88 Å². The molecule has 2 fully saturated rings. The Morgan fingerprint density at radius 1 is 1.30 bits per heavy atom. The Bertz CT molecular complexity index is 705. The third kappa shape index (κ3) is 2.30. The Balaban J connectivity index is 1.54. The fourth-order valence-electron chi connectivity index (χ4n) is 3.59. The van der Waals surface area contributed by atoms with Crippen LogP contribution < -0.4 is 9.64 Å². The lowest BCUT2D eigenvalue weighted by Gasteiger charge is -2.25. The first-order valence-corrected chi connectivity index (χ1v) is 7.62. The number of ether oxygens (including phenoxy) is 1. The molecule has 8 nitrogen and oxygen atoms in total. The van der Waals surface area contributed by atoms with E-state index in [1.165, 1.54) is 12.5 Å². The Hall–Kier alpha value is -2.64. The van der Waals surface area contributed by atoms with Crippen molar-refractivity contribution >= 4 is 11.7 Å². The molecule has 120 valence electrons. The normalized spacial score (nSPS) is 23.2. The van der Waals surface area contributed by atoms with Crippen molar-refractivity contribution in [2.45, 2.75) is 24.9 Å². The van der Waals surface area contributed by atoms with Gasteiger partial charge in [0.05, 0.1) is 25.4 Å². The number of amides is 1. The van der Waals surface area contributed by atoms with Crippen molar-refractivity contribution in [1.29, 1.82) is 0 Å². The van der Waals surface area contributed by atoms with Gasteiger partial charge in [-0.25, -0.2) is 9.97 Å². The second-order valence-electron chi connectivity index (χ2n) is 5.70. The third-order valence-electron chi connectivity index (χ3n) is 4.62. The monoisotopic (exact) mass is 315 g/mol. The molecule has 4 heterocycles. The summed E-state index contributed by atoms with van der Waals surface area (Å²) in [6.45, 7) is 1.57. The molecule has 2 aliphatic heterocycles. The minimum atomic E-state index is -0.0860. The molecule has 0 aliphatic carbocycles. The summed E-state index contributed by atoms with van der Waals surface area (Å²) < 4.78 is 10.2. The van der Waals surface area contributed by atoms with Gasteiger partial charge >= 0.3 is 0 Å². The van der Waals surface area contributed by atoms with Gasteiger partial charge in [-0.1, -0.05) is 5.16 Å². The highest BCUT2D eigenvalue weighted by Gasteiger charge is 2.45. The first-order valence-electron chi connectivity index (χ1n) is 7.62. The lowest BCUT2D eigenvalue weighted by atomic mass is 10.1. The molecule has 0 unspecified atom stereocenters. The number of fused-ring (bicyclic) bond motifs is 1. The number of nitrogens with zero attached hydrogens (tertiary/aromatic N) is 5. The minimum Gasteiger partial charge on any atom is -0.481 e. The smallest absolute Gasteiger partial charge is 0.292 e. The molecule has 8 heteroatoms. The van der Waals surface area contributed by atoms with E-state index in [1.807, 2.05) is 11.0 Å². The molecular formula is C15H17N5O3. The van der Waals surface area contributed by atoms with Crippen molar-refractivity contribution in [3.63, 3.8) is 0 Å². The highest BCUT2D eigenvalue weighted by molar-refractivity contribution is 5.92. The largest absolute Gasteiger partial charge is 0.481 e. The molecule has 1 amide bonds. The Labute approximate surface area is 133 Å². The zero-order valence-corrected chi connectivity index (χ0v) is 12.8. The van der Waals surface area contributed by atoms with Crippen LogP contribution in [-0.4, -0.2) is 58.2 Å². The van der Waals surface area contributed by atoms with Crippen LogP contribution in [0.2, 0.25) is 0 Å². The summed E-state index contributed by atoms with van der Waals surface area (Å²) in [6.07, 6.45) is 4.83. The van der Waals surface area contributed by atoms with Gasteiger partial charge in [0.25, 0.3) is 5.91 Å². The van der Waals surface area contributed by atoms with Crippen LogP contribution in [0.15, 0.2) is 29.2 Å². The average Bonchev–Trinajstić information content (AvgIpc) is 3.31. The molecule has 2 aromatic rings. The summed E-state index contributed by atoms with van der Waals surface area (Å²) in [7, 11) is 1.59. The van der Waals surface area contributed by atoms with Crippen molar-refractivity contribution in [1.82, 2.24) is 20.0 Å². The average molecular weight is 315 g/mol. The van der Waals surface area contributed by atoms with E-state index >= 15 is 0 Å². The summed E-state index contributed by atoms with van der Waals surface area (Å²) in [4.78, 5) is 25.1. The van der Waals surface area contributed by atoms with Crippen molar-refractivity contribution in [2.24, 2.45) is 0 Å². The number of carbonyl (C=O) groups is 1. The van der Waals surface area contributed by atoms with Gasteiger partial charge in [0.2, 0.25) is 11.6 Å². The second-order valence-corrected chi connectivity index (χ2v) is 5.70. The highest BCUT2D eigenvalue weighted by atomic mass is 16.5.